The topological polar surface area (TPSA) is 86.8 Å². The average molecular weight is 713 g/mol. The van der Waals surface area contributed by atoms with Crippen molar-refractivity contribution in [3.8, 4) is 0 Å². The summed E-state index contributed by atoms with van der Waals surface area (Å²) >= 11 is 19.1. The van der Waals surface area contributed by atoms with Crippen molar-refractivity contribution in [3.05, 3.63) is 129 Å². The van der Waals surface area contributed by atoms with Gasteiger partial charge in [-0.3, -0.25) is 13.9 Å². The summed E-state index contributed by atoms with van der Waals surface area (Å²) in [5.41, 5.74) is 2.51. The number of benzene rings is 4. The molecular formula is C36H36Cl3N3O4S. The van der Waals surface area contributed by atoms with Crippen LogP contribution in [0.1, 0.15) is 42.4 Å². The van der Waals surface area contributed by atoms with Crippen LogP contribution in [0.2, 0.25) is 15.1 Å². The van der Waals surface area contributed by atoms with Crippen molar-refractivity contribution in [1.82, 2.24) is 10.2 Å². The number of aryl methyl sites for hydroxylation is 1. The largest absolute Gasteiger partial charge is 0.352 e. The van der Waals surface area contributed by atoms with Crippen LogP contribution in [-0.2, 0) is 32.6 Å². The Kier molecular flexibility index (Phi) is 11.5. The predicted octanol–water partition coefficient (Wildman–Crippen LogP) is 7.85. The molecule has 1 atom stereocenters. The van der Waals surface area contributed by atoms with Crippen molar-refractivity contribution >= 4 is 62.3 Å². The summed E-state index contributed by atoms with van der Waals surface area (Å²) in [7, 11) is -4.24. The smallest absolute Gasteiger partial charge is 0.264 e. The molecule has 11 heteroatoms. The first-order chi connectivity index (χ1) is 22.5. The zero-order valence-corrected chi connectivity index (χ0v) is 29.0. The van der Waals surface area contributed by atoms with Gasteiger partial charge in [0.1, 0.15) is 12.6 Å². The highest BCUT2D eigenvalue weighted by Crippen LogP contribution is 2.29. The lowest BCUT2D eigenvalue weighted by Gasteiger charge is -2.34. The fourth-order valence-corrected chi connectivity index (χ4v) is 7.81. The van der Waals surface area contributed by atoms with Crippen molar-refractivity contribution < 1.29 is 18.0 Å². The predicted molar refractivity (Wildman–Crippen MR) is 189 cm³/mol. The van der Waals surface area contributed by atoms with Crippen LogP contribution in [0.5, 0.6) is 0 Å². The Bertz CT molecular complexity index is 1820. The molecule has 47 heavy (non-hydrogen) atoms. The summed E-state index contributed by atoms with van der Waals surface area (Å²) in [6.45, 7) is 1.21. The second kappa shape index (κ2) is 15.6. The molecule has 0 unspecified atom stereocenters. The van der Waals surface area contributed by atoms with Gasteiger partial charge in [-0.05, 0) is 73.4 Å². The van der Waals surface area contributed by atoms with Crippen LogP contribution in [0.15, 0.2) is 102 Å². The van der Waals surface area contributed by atoms with E-state index in [2.05, 4.69) is 5.32 Å². The molecule has 4 aromatic carbocycles. The molecule has 0 bridgehead atoms. The highest BCUT2D eigenvalue weighted by molar-refractivity contribution is 7.92. The number of hydrogen-bond donors (Lipinski definition) is 1. The molecule has 0 radical (unpaired) electrons. The second-order valence-corrected chi connectivity index (χ2v) is 14.9. The number of halogens is 3. The fourth-order valence-electron chi connectivity index (χ4n) is 5.75. The van der Waals surface area contributed by atoms with Crippen LogP contribution in [-0.4, -0.2) is 43.8 Å². The van der Waals surface area contributed by atoms with Crippen LogP contribution < -0.4 is 9.62 Å². The van der Waals surface area contributed by atoms with E-state index in [9.17, 15) is 18.0 Å². The number of amides is 2. The summed E-state index contributed by atoms with van der Waals surface area (Å²) in [5, 5.41) is 4.22. The zero-order valence-electron chi connectivity index (χ0n) is 25.9. The molecule has 1 fully saturated rings. The molecule has 0 aliphatic heterocycles. The van der Waals surface area contributed by atoms with E-state index in [0.29, 0.717) is 20.6 Å². The van der Waals surface area contributed by atoms with Gasteiger partial charge < -0.3 is 10.2 Å². The first-order valence-corrected chi connectivity index (χ1v) is 18.0. The van der Waals surface area contributed by atoms with Crippen molar-refractivity contribution in [1.29, 1.82) is 0 Å². The molecular weight excluding hydrogens is 677 g/mol. The van der Waals surface area contributed by atoms with E-state index in [1.54, 1.807) is 48.5 Å². The quantitative estimate of drug-likeness (QED) is 0.162. The van der Waals surface area contributed by atoms with E-state index in [0.717, 1.165) is 41.1 Å². The van der Waals surface area contributed by atoms with Crippen molar-refractivity contribution in [2.45, 2.75) is 62.6 Å². The Labute approximate surface area is 291 Å². The molecule has 0 saturated heterocycles. The highest BCUT2D eigenvalue weighted by atomic mass is 35.5. The van der Waals surface area contributed by atoms with Gasteiger partial charge in [-0.1, -0.05) is 108 Å². The summed E-state index contributed by atoms with van der Waals surface area (Å²) in [6, 6.07) is 26.1. The summed E-state index contributed by atoms with van der Waals surface area (Å²) < 4.78 is 29.4. The number of sulfonamides is 1. The van der Waals surface area contributed by atoms with E-state index in [1.165, 1.54) is 23.1 Å². The van der Waals surface area contributed by atoms with E-state index in [4.69, 9.17) is 34.8 Å². The average Bonchev–Trinajstić information content (AvgIpc) is 3.56. The number of carbonyl (C=O) groups is 2. The minimum absolute atomic E-state index is 0.00159. The summed E-state index contributed by atoms with van der Waals surface area (Å²) in [6.07, 6.45) is 3.96. The van der Waals surface area contributed by atoms with Crippen LogP contribution in [0.3, 0.4) is 0 Å². The van der Waals surface area contributed by atoms with E-state index in [1.807, 2.05) is 37.3 Å². The van der Waals surface area contributed by atoms with E-state index in [-0.39, 0.29) is 35.5 Å². The Morgan fingerprint density at radius 3 is 2.19 bits per heavy atom. The maximum absolute atomic E-state index is 14.6. The Hall–Kier alpha value is -3.56. The summed E-state index contributed by atoms with van der Waals surface area (Å²) in [4.78, 5) is 30.2. The first kappa shape index (κ1) is 34.8. The van der Waals surface area contributed by atoms with Gasteiger partial charge >= 0.3 is 0 Å². The maximum atomic E-state index is 14.6. The highest BCUT2D eigenvalue weighted by Gasteiger charge is 2.36. The molecule has 2 amide bonds. The molecule has 4 aromatic rings. The lowest BCUT2D eigenvalue weighted by Crippen LogP contribution is -2.54. The monoisotopic (exact) mass is 711 g/mol. The third-order valence-electron chi connectivity index (χ3n) is 8.31. The van der Waals surface area contributed by atoms with Gasteiger partial charge in [0.05, 0.1) is 10.6 Å². The van der Waals surface area contributed by atoms with Gasteiger partial charge in [0.2, 0.25) is 11.8 Å². The first-order valence-electron chi connectivity index (χ1n) is 15.4. The number of hydrogen-bond acceptors (Lipinski definition) is 4. The van der Waals surface area contributed by atoms with Gasteiger partial charge in [0.15, 0.2) is 0 Å². The van der Waals surface area contributed by atoms with E-state index < -0.39 is 28.5 Å². The minimum Gasteiger partial charge on any atom is -0.352 e. The molecule has 1 aliphatic rings. The van der Waals surface area contributed by atoms with Crippen molar-refractivity contribution in [2.75, 3.05) is 10.8 Å². The SMILES string of the molecule is Cc1ccc(S(=O)(=O)N(CC(=O)N(Cc2ccc(Cl)cc2Cl)[C@@H](Cc2ccccc2)C(=O)NC2CCCC2)c2cccc(Cl)c2)cc1. The molecule has 7 nitrogen and oxygen atoms in total. The molecule has 1 aliphatic carbocycles. The Morgan fingerprint density at radius 1 is 0.851 bits per heavy atom. The van der Waals surface area contributed by atoms with E-state index >= 15 is 0 Å². The summed E-state index contributed by atoms with van der Waals surface area (Å²) in [5.74, 6) is -0.899. The second-order valence-electron chi connectivity index (χ2n) is 11.8. The van der Waals surface area contributed by atoms with Gasteiger partial charge in [-0.2, -0.15) is 0 Å². The third kappa shape index (κ3) is 8.87. The van der Waals surface area contributed by atoms with Crippen LogP contribution >= 0.6 is 34.8 Å². The van der Waals surface area contributed by atoms with Crippen LogP contribution in [0.4, 0.5) is 5.69 Å². The third-order valence-corrected chi connectivity index (χ3v) is 10.9. The van der Waals surface area contributed by atoms with Crippen LogP contribution in [0, 0.1) is 6.92 Å². The number of carbonyl (C=O) groups excluding carboxylic acids is 2. The van der Waals surface area contributed by atoms with Gasteiger partial charge in [0, 0.05) is 34.1 Å². The molecule has 0 spiro atoms. The molecule has 5 rings (SSSR count). The van der Waals surface area contributed by atoms with Crippen LogP contribution in [0.25, 0.3) is 0 Å². The van der Waals surface area contributed by atoms with Crippen molar-refractivity contribution in [3.63, 3.8) is 0 Å². The fraction of sp³-hybridized carbons (Fsp3) is 0.278. The Morgan fingerprint density at radius 2 is 1.53 bits per heavy atom. The standard InChI is InChI=1S/C36H36Cl3N3O4S/c1-25-14-18-32(19-15-25)47(45,46)42(31-13-7-10-28(37)21-31)24-35(43)41(23-27-16-17-29(38)22-33(27)39)34(20-26-8-3-2-4-9-26)36(44)40-30-11-5-6-12-30/h2-4,7-10,13-19,21-22,30,34H,5-6,11-12,20,23-24H2,1H3,(H,40,44)/t34-/m0/s1. The molecule has 1 saturated carbocycles. The lowest BCUT2D eigenvalue weighted by molar-refractivity contribution is -0.140. The number of rotatable bonds is 12. The normalized spacial score (nSPS) is 14.0. The maximum Gasteiger partial charge on any atom is 0.264 e. The number of nitrogens with zero attached hydrogens (tertiary/aromatic N) is 2. The molecule has 0 heterocycles. The number of anilines is 1. The molecule has 1 N–H and O–H groups in total. The zero-order chi connectivity index (χ0) is 33.6. The molecule has 0 aromatic heterocycles. The van der Waals surface area contributed by atoms with Gasteiger partial charge in [-0.25, -0.2) is 8.42 Å². The minimum atomic E-state index is -4.24. The Balaban J connectivity index is 1.58. The van der Waals surface area contributed by atoms with Gasteiger partial charge in [-0.15, -0.1) is 0 Å². The molecule has 246 valence electrons. The number of nitrogens with one attached hydrogen (secondary N) is 1. The van der Waals surface area contributed by atoms with Crippen molar-refractivity contribution in [2.24, 2.45) is 0 Å². The van der Waals surface area contributed by atoms with Gasteiger partial charge in [0.25, 0.3) is 10.0 Å². The lowest BCUT2D eigenvalue weighted by atomic mass is 10.0.